The molecule has 0 bridgehead atoms. The van der Waals surface area contributed by atoms with Crippen LogP contribution in [0.1, 0.15) is 53.7 Å². The lowest BCUT2D eigenvalue weighted by Crippen LogP contribution is -2.39. The van der Waals surface area contributed by atoms with Gasteiger partial charge in [0.2, 0.25) is 0 Å². The number of hydrogen-bond acceptors (Lipinski definition) is 6. The Balaban J connectivity index is 1.71. The van der Waals surface area contributed by atoms with Crippen molar-refractivity contribution in [2.45, 2.75) is 45.7 Å². The van der Waals surface area contributed by atoms with Crippen molar-refractivity contribution in [1.29, 1.82) is 0 Å². The Hall–Kier alpha value is -2.71. The van der Waals surface area contributed by atoms with Gasteiger partial charge < -0.3 is 9.30 Å². The number of thiazole rings is 1. The molecule has 0 saturated heterocycles. The zero-order valence-corrected chi connectivity index (χ0v) is 19.5. The van der Waals surface area contributed by atoms with E-state index < -0.39 is 12.0 Å². The number of fused-ring (bicyclic) bond motifs is 1. The Morgan fingerprint density at radius 3 is 2.68 bits per heavy atom. The molecule has 31 heavy (non-hydrogen) atoms. The van der Waals surface area contributed by atoms with Crippen LogP contribution in [0.2, 0.25) is 0 Å². The third kappa shape index (κ3) is 3.25. The van der Waals surface area contributed by atoms with Gasteiger partial charge in [0.15, 0.2) is 4.80 Å². The summed E-state index contributed by atoms with van der Waals surface area (Å²) in [4.78, 5) is 32.3. The van der Waals surface area contributed by atoms with Crippen molar-refractivity contribution in [2.24, 2.45) is 4.99 Å². The van der Waals surface area contributed by atoms with E-state index in [4.69, 9.17) is 4.74 Å². The Morgan fingerprint density at radius 1 is 1.26 bits per heavy atom. The van der Waals surface area contributed by atoms with E-state index in [1.807, 2.05) is 23.6 Å². The van der Waals surface area contributed by atoms with Gasteiger partial charge in [0.05, 0.1) is 22.9 Å². The van der Waals surface area contributed by atoms with Gasteiger partial charge in [0.25, 0.3) is 5.56 Å². The Morgan fingerprint density at radius 2 is 2.03 bits per heavy atom. The number of ether oxygens (including phenoxy) is 1. The number of carbonyl (C=O) groups excluding carboxylic acids is 1. The summed E-state index contributed by atoms with van der Waals surface area (Å²) < 4.78 is 9.66. The number of thiophene rings is 1. The minimum Gasteiger partial charge on any atom is -0.466 e. The van der Waals surface area contributed by atoms with Crippen molar-refractivity contribution in [3.63, 3.8) is 0 Å². The first kappa shape index (κ1) is 20.2. The van der Waals surface area contributed by atoms with Gasteiger partial charge in [-0.15, -0.1) is 11.3 Å². The number of aromatic nitrogens is 2. The molecule has 6 nitrogen and oxygen atoms in total. The SMILES string of the molecule is COC(=O)C1=C(C)N=c2s/c(=C\c3cc(C)n(C4CC4)c3C)c(=O)n2C1c1cccs1. The fourth-order valence-electron chi connectivity index (χ4n) is 4.39. The summed E-state index contributed by atoms with van der Waals surface area (Å²) in [6.45, 7) is 6.03. The van der Waals surface area contributed by atoms with Crippen LogP contribution in [0, 0.1) is 13.8 Å². The fraction of sp³-hybridized carbons (Fsp3) is 0.348. The van der Waals surface area contributed by atoms with Crippen LogP contribution < -0.4 is 14.9 Å². The van der Waals surface area contributed by atoms with Gasteiger partial charge in [-0.25, -0.2) is 9.79 Å². The molecule has 1 aliphatic carbocycles. The van der Waals surface area contributed by atoms with Crippen LogP contribution in [0.15, 0.2) is 44.6 Å². The number of carbonyl (C=O) groups is 1. The number of esters is 1. The molecule has 0 N–H and O–H groups in total. The molecule has 5 rings (SSSR count). The molecule has 1 saturated carbocycles. The molecule has 3 aromatic heterocycles. The molecule has 160 valence electrons. The number of hydrogen-bond donors (Lipinski definition) is 0. The average molecular weight is 454 g/mol. The van der Waals surface area contributed by atoms with Gasteiger partial charge in [-0.1, -0.05) is 17.4 Å². The predicted molar refractivity (Wildman–Crippen MR) is 122 cm³/mol. The number of nitrogens with zero attached hydrogens (tertiary/aromatic N) is 3. The second-order valence-electron chi connectivity index (χ2n) is 8.02. The van der Waals surface area contributed by atoms with Gasteiger partial charge in [-0.2, -0.15) is 0 Å². The molecular formula is C23H23N3O3S2. The summed E-state index contributed by atoms with van der Waals surface area (Å²) in [5.41, 5.74) is 4.34. The average Bonchev–Trinajstić information content (AvgIpc) is 3.20. The second kappa shape index (κ2) is 7.46. The molecule has 1 atom stereocenters. The first-order chi connectivity index (χ1) is 14.9. The van der Waals surface area contributed by atoms with E-state index in [0.717, 1.165) is 10.4 Å². The number of aryl methyl sites for hydroxylation is 1. The molecule has 0 radical (unpaired) electrons. The summed E-state index contributed by atoms with van der Waals surface area (Å²) in [5, 5.41) is 1.95. The maximum absolute atomic E-state index is 13.5. The molecular weight excluding hydrogens is 430 g/mol. The van der Waals surface area contributed by atoms with Crippen molar-refractivity contribution < 1.29 is 9.53 Å². The third-order valence-electron chi connectivity index (χ3n) is 5.96. The van der Waals surface area contributed by atoms with E-state index in [0.29, 0.717) is 26.6 Å². The highest BCUT2D eigenvalue weighted by molar-refractivity contribution is 7.10. The molecule has 1 unspecified atom stereocenters. The molecule has 0 aromatic carbocycles. The first-order valence-corrected chi connectivity index (χ1v) is 11.9. The highest BCUT2D eigenvalue weighted by Gasteiger charge is 2.33. The Kier molecular flexibility index (Phi) is 4.86. The van der Waals surface area contributed by atoms with E-state index in [-0.39, 0.29) is 5.56 Å². The van der Waals surface area contributed by atoms with E-state index in [1.54, 1.807) is 11.5 Å². The molecule has 0 spiro atoms. The van der Waals surface area contributed by atoms with Crippen LogP contribution in [-0.4, -0.2) is 22.2 Å². The smallest absolute Gasteiger partial charge is 0.338 e. The largest absolute Gasteiger partial charge is 0.466 e. The lowest BCUT2D eigenvalue weighted by Gasteiger charge is -2.22. The highest BCUT2D eigenvalue weighted by atomic mass is 32.1. The number of rotatable bonds is 4. The second-order valence-corrected chi connectivity index (χ2v) is 10.0. The molecule has 3 aromatic rings. The van der Waals surface area contributed by atoms with Crippen LogP contribution in [0.3, 0.4) is 0 Å². The van der Waals surface area contributed by atoms with Crippen LogP contribution in [0.25, 0.3) is 6.08 Å². The minimum absolute atomic E-state index is 0.132. The van der Waals surface area contributed by atoms with Gasteiger partial charge in [0.1, 0.15) is 6.04 Å². The van der Waals surface area contributed by atoms with Crippen LogP contribution in [-0.2, 0) is 9.53 Å². The van der Waals surface area contributed by atoms with E-state index in [9.17, 15) is 9.59 Å². The summed E-state index contributed by atoms with van der Waals surface area (Å²) >= 11 is 2.88. The van der Waals surface area contributed by atoms with E-state index in [2.05, 4.69) is 29.5 Å². The quantitative estimate of drug-likeness (QED) is 0.570. The zero-order chi connectivity index (χ0) is 21.9. The number of allylic oxidation sites excluding steroid dienone is 1. The zero-order valence-electron chi connectivity index (χ0n) is 17.8. The van der Waals surface area contributed by atoms with Crippen molar-refractivity contribution in [3.8, 4) is 0 Å². The van der Waals surface area contributed by atoms with Crippen molar-refractivity contribution >= 4 is 34.7 Å². The standard InChI is InChI=1S/C23H23N3O3S2/c1-12-10-15(14(3)25(12)16-7-8-16)11-18-21(27)26-20(17-6-5-9-30-17)19(22(28)29-4)13(2)24-23(26)31-18/h5-6,9-11,16,20H,7-8H2,1-4H3/b18-11-. The van der Waals surface area contributed by atoms with Crippen LogP contribution >= 0.6 is 22.7 Å². The Bertz CT molecular complexity index is 1400. The van der Waals surface area contributed by atoms with Gasteiger partial charge in [-0.05, 0) is 62.8 Å². The van der Waals surface area contributed by atoms with Crippen LogP contribution in [0.5, 0.6) is 0 Å². The third-order valence-corrected chi connectivity index (χ3v) is 7.87. The van der Waals surface area contributed by atoms with Gasteiger partial charge >= 0.3 is 5.97 Å². The van der Waals surface area contributed by atoms with Gasteiger partial charge in [0, 0.05) is 22.3 Å². The molecule has 4 heterocycles. The predicted octanol–water partition coefficient (Wildman–Crippen LogP) is 3.22. The van der Waals surface area contributed by atoms with Crippen molar-refractivity contribution in [2.75, 3.05) is 7.11 Å². The maximum atomic E-state index is 13.5. The molecule has 1 fully saturated rings. The summed E-state index contributed by atoms with van der Waals surface area (Å²) in [5.74, 6) is -0.457. The topological polar surface area (TPSA) is 65.6 Å². The minimum atomic E-state index is -0.523. The number of methoxy groups -OCH3 is 1. The highest BCUT2D eigenvalue weighted by Crippen LogP contribution is 2.38. The summed E-state index contributed by atoms with van der Waals surface area (Å²) in [6.07, 6.45) is 4.40. The Labute approximate surface area is 187 Å². The lowest BCUT2D eigenvalue weighted by molar-refractivity contribution is -0.136. The van der Waals surface area contributed by atoms with Crippen LogP contribution in [0.4, 0.5) is 0 Å². The maximum Gasteiger partial charge on any atom is 0.338 e. The lowest BCUT2D eigenvalue weighted by atomic mass is 10.0. The molecule has 8 heteroatoms. The van der Waals surface area contributed by atoms with Gasteiger partial charge in [-0.3, -0.25) is 9.36 Å². The van der Waals surface area contributed by atoms with Crippen molar-refractivity contribution in [1.82, 2.24) is 9.13 Å². The normalized spacial score (nSPS) is 18.8. The molecule has 1 aliphatic heterocycles. The monoisotopic (exact) mass is 453 g/mol. The first-order valence-electron chi connectivity index (χ1n) is 10.2. The molecule has 2 aliphatic rings. The summed E-state index contributed by atoms with van der Waals surface area (Å²) in [6, 6.07) is 6.08. The van der Waals surface area contributed by atoms with E-state index >= 15 is 0 Å². The van der Waals surface area contributed by atoms with E-state index in [1.165, 1.54) is 54.0 Å². The van der Waals surface area contributed by atoms with Crippen molar-refractivity contribution in [3.05, 3.63) is 76.4 Å². The molecule has 0 amide bonds. The fourth-order valence-corrected chi connectivity index (χ4v) is 6.25. The summed E-state index contributed by atoms with van der Waals surface area (Å²) in [7, 11) is 1.36.